The van der Waals surface area contributed by atoms with Gasteiger partial charge < -0.3 is 14.2 Å². The highest BCUT2D eigenvalue weighted by Gasteiger charge is 2.40. The molecule has 9 heteroatoms. The molecule has 0 radical (unpaired) electrons. The summed E-state index contributed by atoms with van der Waals surface area (Å²) in [6, 6.07) is 3.29. The summed E-state index contributed by atoms with van der Waals surface area (Å²) in [5.41, 5.74) is -2.64. The van der Waals surface area contributed by atoms with Gasteiger partial charge in [-0.3, -0.25) is 10.1 Å². The number of carbonyl (C=O) groups excluding carboxylic acids is 1. The molecule has 1 saturated heterocycles. The fourth-order valence-electron chi connectivity index (χ4n) is 1.98. The Morgan fingerprint density at radius 2 is 2.32 bits per heavy atom. The van der Waals surface area contributed by atoms with Gasteiger partial charge in [0.1, 0.15) is 24.1 Å². The lowest BCUT2D eigenvalue weighted by Gasteiger charge is -2.20. The lowest BCUT2D eigenvalue weighted by atomic mass is 10.1. The van der Waals surface area contributed by atoms with E-state index in [9.17, 15) is 19.3 Å². The molecule has 0 aliphatic carbocycles. The summed E-state index contributed by atoms with van der Waals surface area (Å²) >= 11 is 0. The van der Waals surface area contributed by atoms with Crippen LogP contribution in [0.2, 0.25) is 0 Å². The smallest absolute Gasteiger partial charge is 0.341 e. The Kier molecular flexibility index (Phi) is 4.23. The lowest BCUT2D eigenvalue weighted by Crippen LogP contribution is -2.35. The van der Waals surface area contributed by atoms with E-state index < -0.39 is 39.3 Å². The van der Waals surface area contributed by atoms with Crippen molar-refractivity contribution < 1.29 is 28.3 Å². The van der Waals surface area contributed by atoms with Gasteiger partial charge in [0, 0.05) is 18.6 Å². The van der Waals surface area contributed by atoms with Gasteiger partial charge in [0.25, 0.3) is 0 Å². The second-order valence-corrected chi connectivity index (χ2v) is 4.56. The molecule has 1 aromatic rings. The average Bonchev–Trinajstić information content (AvgIpc) is 2.95. The van der Waals surface area contributed by atoms with Crippen molar-refractivity contribution in [3.8, 4) is 11.8 Å². The van der Waals surface area contributed by atoms with Crippen LogP contribution in [-0.4, -0.2) is 36.8 Å². The Hall–Kier alpha value is -2.73. The van der Waals surface area contributed by atoms with E-state index in [-0.39, 0.29) is 19.6 Å². The van der Waals surface area contributed by atoms with Gasteiger partial charge in [0.05, 0.1) is 18.6 Å². The number of methoxy groups -OCH3 is 1. The van der Waals surface area contributed by atoms with Gasteiger partial charge in [-0.15, -0.1) is 0 Å². The standard InChI is InChI=1S/C13H11FN2O6/c1-20-12(17)8-4-10(16(18)19)11(5-9(8)14)22-13(6-15)2-3-21-7-13/h4-5H,2-3,7H2,1H3. The first-order chi connectivity index (χ1) is 10.4. The van der Waals surface area contributed by atoms with Gasteiger partial charge in [-0.1, -0.05) is 0 Å². The van der Waals surface area contributed by atoms with Gasteiger partial charge in [-0.05, 0) is 0 Å². The van der Waals surface area contributed by atoms with Gasteiger partial charge in [0.15, 0.2) is 0 Å². The Morgan fingerprint density at radius 1 is 1.59 bits per heavy atom. The van der Waals surface area contributed by atoms with E-state index in [0.29, 0.717) is 6.07 Å². The second-order valence-electron chi connectivity index (χ2n) is 4.56. The highest BCUT2D eigenvalue weighted by atomic mass is 19.1. The van der Waals surface area contributed by atoms with Crippen molar-refractivity contribution >= 4 is 11.7 Å². The fourth-order valence-corrected chi connectivity index (χ4v) is 1.98. The van der Waals surface area contributed by atoms with Crippen molar-refractivity contribution in [1.82, 2.24) is 0 Å². The fraction of sp³-hybridized carbons (Fsp3) is 0.385. The molecule has 22 heavy (non-hydrogen) atoms. The Labute approximate surface area is 124 Å². The minimum absolute atomic E-state index is 0.0823. The summed E-state index contributed by atoms with van der Waals surface area (Å²) in [6.45, 7) is 0.172. The summed E-state index contributed by atoms with van der Waals surface area (Å²) < 4.78 is 28.6. The first-order valence-corrected chi connectivity index (χ1v) is 6.17. The van der Waals surface area contributed by atoms with Crippen molar-refractivity contribution in [1.29, 1.82) is 5.26 Å². The third kappa shape index (κ3) is 2.82. The largest absolute Gasteiger partial charge is 0.465 e. The number of hydrogen-bond donors (Lipinski definition) is 0. The van der Waals surface area contributed by atoms with Crippen LogP contribution in [0.25, 0.3) is 0 Å². The summed E-state index contributed by atoms with van der Waals surface area (Å²) in [7, 11) is 1.03. The van der Waals surface area contributed by atoms with Crippen LogP contribution < -0.4 is 4.74 Å². The van der Waals surface area contributed by atoms with Crippen LogP contribution in [0.5, 0.6) is 5.75 Å². The molecule has 1 fully saturated rings. The number of benzene rings is 1. The van der Waals surface area contributed by atoms with Gasteiger partial charge >= 0.3 is 11.7 Å². The summed E-state index contributed by atoms with van der Waals surface area (Å²) in [5.74, 6) is -2.53. The van der Waals surface area contributed by atoms with Gasteiger partial charge in [0.2, 0.25) is 11.4 Å². The minimum Gasteiger partial charge on any atom is -0.465 e. The number of esters is 1. The van der Waals surface area contributed by atoms with E-state index >= 15 is 0 Å². The van der Waals surface area contributed by atoms with Crippen molar-refractivity contribution in [3.63, 3.8) is 0 Å². The van der Waals surface area contributed by atoms with Crippen molar-refractivity contribution in [2.24, 2.45) is 0 Å². The maximum absolute atomic E-state index is 13.9. The zero-order valence-corrected chi connectivity index (χ0v) is 11.5. The number of nitro groups is 1. The molecular weight excluding hydrogens is 299 g/mol. The molecule has 0 N–H and O–H groups in total. The zero-order chi connectivity index (χ0) is 16.3. The van der Waals surface area contributed by atoms with E-state index in [1.165, 1.54) is 0 Å². The minimum atomic E-state index is -1.41. The number of carbonyl (C=O) groups is 1. The molecule has 1 unspecified atom stereocenters. The third-order valence-corrected chi connectivity index (χ3v) is 3.15. The first kappa shape index (κ1) is 15.7. The predicted molar refractivity (Wildman–Crippen MR) is 68.8 cm³/mol. The number of nitriles is 1. The average molecular weight is 310 g/mol. The first-order valence-electron chi connectivity index (χ1n) is 6.17. The van der Waals surface area contributed by atoms with Crippen LogP contribution in [0.1, 0.15) is 16.8 Å². The van der Waals surface area contributed by atoms with Crippen LogP contribution >= 0.6 is 0 Å². The van der Waals surface area contributed by atoms with Crippen LogP contribution in [0.4, 0.5) is 10.1 Å². The summed E-state index contributed by atoms with van der Waals surface area (Å²) in [6.07, 6.45) is 0.195. The SMILES string of the molecule is COC(=O)c1cc([N+](=O)[O-])c(OC2(C#N)CCOC2)cc1F. The van der Waals surface area contributed by atoms with Crippen LogP contribution in [0.3, 0.4) is 0 Å². The number of halogens is 1. The summed E-state index contributed by atoms with van der Waals surface area (Å²) in [5, 5.41) is 20.3. The Morgan fingerprint density at radius 3 is 2.82 bits per heavy atom. The molecule has 116 valence electrons. The van der Waals surface area contributed by atoms with E-state index in [2.05, 4.69) is 4.74 Å². The number of rotatable bonds is 4. The molecule has 1 aromatic carbocycles. The molecule has 0 spiro atoms. The number of nitrogens with zero attached hydrogens (tertiary/aromatic N) is 2. The van der Waals surface area contributed by atoms with E-state index in [1.54, 1.807) is 0 Å². The monoisotopic (exact) mass is 310 g/mol. The quantitative estimate of drug-likeness (QED) is 0.471. The molecule has 1 atom stereocenters. The summed E-state index contributed by atoms with van der Waals surface area (Å²) in [4.78, 5) is 21.7. The van der Waals surface area contributed by atoms with E-state index in [0.717, 1.165) is 13.2 Å². The maximum Gasteiger partial charge on any atom is 0.341 e. The highest BCUT2D eigenvalue weighted by Crippen LogP contribution is 2.35. The molecule has 1 aliphatic rings. The Balaban J connectivity index is 2.47. The number of ether oxygens (including phenoxy) is 3. The molecule has 0 saturated carbocycles. The second kappa shape index (κ2) is 5.95. The van der Waals surface area contributed by atoms with Gasteiger partial charge in [-0.25, -0.2) is 9.18 Å². The molecule has 0 bridgehead atoms. The number of hydrogen-bond acceptors (Lipinski definition) is 7. The topological polar surface area (TPSA) is 112 Å². The molecular formula is C13H11FN2O6. The molecule has 8 nitrogen and oxygen atoms in total. The van der Waals surface area contributed by atoms with Crippen molar-refractivity contribution in [3.05, 3.63) is 33.6 Å². The number of nitro benzene ring substituents is 1. The Bertz CT molecular complexity index is 663. The van der Waals surface area contributed by atoms with E-state index in [4.69, 9.17) is 14.7 Å². The predicted octanol–water partition coefficient (Wildman–Crippen LogP) is 1.58. The zero-order valence-electron chi connectivity index (χ0n) is 11.5. The lowest BCUT2D eigenvalue weighted by molar-refractivity contribution is -0.386. The molecule has 0 amide bonds. The van der Waals surface area contributed by atoms with E-state index in [1.807, 2.05) is 6.07 Å². The van der Waals surface area contributed by atoms with Crippen LogP contribution in [0.15, 0.2) is 12.1 Å². The maximum atomic E-state index is 13.9. The van der Waals surface area contributed by atoms with Gasteiger partial charge in [-0.2, -0.15) is 5.26 Å². The molecule has 1 heterocycles. The molecule has 1 aliphatic heterocycles. The molecule has 0 aromatic heterocycles. The molecule has 2 rings (SSSR count). The van der Waals surface area contributed by atoms with Crippen molar-refractivity contribution in [2.45, 2.75) is 12.0 Å². The normalized spacial score (nSPS) is 20.2. The van der Waals surface area contributed by atoms with Crippen molar-refractivity contribution in [2.75, 3.05) is 20.3 Å². The van der Waals surface area contributed by atoms with Crippen LogP contribution in [-0.2, 0) is 9.47 Å². The van der Waals surface area contributed by atoms with Crippen LogP contribution in [0, 0.1) is 27.3 Å². The third-order valence-electron chi connectivity index (χ3n) is 3.15. The highest BCUT2D eigenvalue weighted by molar-refractivity contribution is 5.90.